The third-order valence-corrected chi connectivity index (χ3v) is 5.22. The molecule has 1 fully saturated rings. The number of hydrogen-bond donors (Lipinski definition) is 0. The summed E-state index contributed by atoms with van der Waals surface area (Å²) in [6.07, 6.45) is 1.33. The minimum atomic E-state index is -0.477. The number of benzene rings is 1. The first kappa shape index (κ1) is 17.9. The van der Waals surface area contributed by atoms with Gasteiger partial charge in [-0.3, -0.25) is 4.79 Å². The van der Waals surface area contributed by atoms with Gasteiger partial charge >= 0.3 is 0 Å². The molecule has 2 aromatic rings. The van der Waals surface area contributed by atoms with Gasteiger partial charge in [-0.15, -0.1) is 0 Å². The number of aromatic nitrogens is 2. The summed E-state index contributed by atoms with van der Waals surface area (Å²) in [5, 5.41) is 0. The maximum absolute atomic E-state index is 14.0. The van der Waals surface area contributed by atoms with Gasteiger partial charge < -0.3 is 14.5 Å². The summed E-state index contributed by atoms with van der Waals surface area (Å²) in [4.78, 5) is 26.1. The summed E-state index contributed by atoms with van der Waals surface area (Å²) in [5.41, 5.74) is 3.19. The number of carbonyl (C=O) groups excluding carboxylic acids is 1. The fraction of sp³-hybridized carbons (Fsp3) is 0.450. The molecule has 1 aromatic heterocycles. The number of morpholine rings is 1. The van der Waals surface area contributed by atoms with Gasteiger partial charge in [0.25, 0.3) is 5.91 Å². The second kappa shape index (κ2) is 7.60. The molecule has 0 unspecified atom stereocenters. The largest absolute Gasteiger partial charge is 0.378 e. The molecule has 0 saturated carbocycles. The topological polar surface area (TPSA) is 58.6 Å². The summed E-state index contributed by atoms with van der Waals surface area (Å²) in [5.74, 6) is -0.00168. The van der Waals surface area contributed by atoms with Gasteiger partial charge in [-0.1, -0.05) is 12.1 Å². The number of ether oxygens (including phenoxy) is 1. The first-order valence-electron chi connectivity index (χ1n) is 9.36. The Morgan fingerprint density at radius 2 is 1.81 bits per heavy atom. The van der Waals surface area contributed by atoms with Gasteiger partial charge in [-0.05, 0) is 31.0 Å². The Labute approximate surface area is 158 Å². The Bertz CT molecular complexity index is 852. The average molecular weight is 370 g/mol. The zero-order chi connectivity index (χ0) is 18.8. The smallest absolute Gasteiger partial charge is 0.256 e. The van der Waals surface area contributed by atoms with E-state index in [9.17, 15) is 9.18 Å². The highest BCUT2D eigenvalue weighted by Gasteiger charge is 2.25. The number of amides is 1. The number of hydrogen-bond acceptors (Lipinski definition) is 5. The quantitative estimate of drug-likeness (QED) is 0.809. The number of aryl methyl sites for hydroxylation is 1. The number of fused-ring (bicyclic) bond motifs is 1. The second-order valence-electron chi connectivity index (χ2n) is 6.91. The number of carbonyl (C=O) groups is 1. The van der Waals surface area contributed by atoms with Crippen molar-refractivity contribution in [1.82, 2.24) is 14.9 Å². The van der Waals surface area contributed by atoms with E-state index in [0.29, 0.717) is 39.1 Å². The van der Waals surface area contributed by atoms with Crippen LogP contribution in [0.15, 0.2) is 24.3 Å². The van der Waals surface area contributed by atoms with Crippen LogP contribution in [0.1, 0.15) is 27.3 Å². The lowest BCUT2D eigenvalue weighted by atomic mass is 10.1. The van der Waals surface area contributed by atoms with Crippen molar-refractivity contribution in [2.45, 2.75) is 19.8 Å². The minimum Gasteiger partial charge on any atom is -0.378 e. The molecule has 2 aliphatic rings. The van der Waals surface area contributed by atoms with E-state index in [1.165, 1.54) is 12.1 Å². The molecule has 0 N–H and O–H groups in total. The zero-order valence-electron chi connectivity index (χ0n) is 15.4. The second-order valence-corrected chi connectivity index (χ2v) is 6.91. The Morgan fingerprint density at radius 3 is 2.59 bits per heavy atom. The molecule has 0 radical (unpaired) electrons. The van der Waals surface area contributed by atoms with Crippen LogP contribution in [-0.4, -0.2) is 60.2 Å². The summed E-state index contributed by atoms with van der Waals surface area (Å²) in [7, 11) is 0. The molecule has 1 aromatic carbocycles. The molecule has 2 aliphatic heterocycles. The predicted octanol–water partition coefficient (Wildman–Crippen LogP) is 2.00. The van der Waals surface area contributed by atoms with Crippen LogP contribution in [0.5, 0.6) is 0 Å². The van der Waals surface area contributed by atoms with Crippen LogP contribution in [0.2, 0.25) is 0 Å². The van der Waals surface area contributed by atoms with Crippen LogP contribution in [-0.2, 0) is 17.6 Å². The van der Waals surface area contributed by atoms with E-state index in [2.05, 4.69) is 9.88 Å². The van der Waals surface area contributed by atoms with Crippen LogP contribution in [0, 0.1) is 12.7 Å². The molecule has 3 heterocycles. The van der Waals surface area contributed by atoms with Crippen molar-refractivity contribution in [3.63, 3.8) is 0 Å². The summed E-state index contributed by atoms with van der Waals surface area (Å²) < 4.78 is 19.4. The molecule has 27 heavy (non-hydrogen) atoms. The number of halogens is 1. The van der Waals surface area contributed by atoms with Crippen LogP contribution < -0.4 is 4.90 Å². The molecular weight excluding hydrogens is 347 g/mol. The van der Waals surface area contributed by atoms with Crippen molar-refractivity contribution in [1.29, 1.82) is 0 Å². The highest BCUT2D eigenvalue weighted by atomic mass is 19.1. The van der Waals surface area contributed by atoms with E-state index in [4.69, 9.17) is 9.72 Å². The van der Waals surface area contributed by atoms with Gasteiger partial charge in [-0.25, -0.2) is 14.4 Å². The summed E-state index contributed by atoms with van der Waals surface area (Å²) in [6, 6.07) is 6.14. The number of anilines is 1. The fourth-order valence-electron chi connectivity index (χ4n) is 3.68. The third kappa shape index (κ3) is 3.64. The van der Waals surface area contributed by atoms with E-state index in [1.54, 1.807) is 17.0 Å². The van der Waals surface area contributed by atoms with Crippen molar-refractivity contribution in [2.24, 2.45) is 0 Å². The van der Waals surface area contributed by atoms with E-state index in [0.717, 1.165) is 36.0 Å². The Hall–Kier alpha value is -2.54. The molecule has 6 nitrogen and oxygen atoms in total. The van der Waals surface area contributed by atoms with Crippen LogP contribution in [0.4, 0.5) is 10.3 Å². The molecule has 142 valence electrons. The monoisotopic (exact) mass is 370 g/mol. The molecule has 1 amide bonds. The highest BCUT2D eigenvalue weighted by Crippen LogP contribution is 2.22. The summed E-state index contributed by atoms with van der Waals surface area (Å²) in [6.45, 7) is 6.01. The molecule has 1 saturated heterocycles. The number of nitrogens with zero attached hydrogens (tertiary/aromatic N) is 4. The maximum atomic E-state index is 14.0. The normalized spacial score (nSPS) is 17.4. The van der Waals surface area contributed by atoms with Crippen molar-refractivity contribution in [3.8, 4) is 0 Å². The fourth-order valence-corrected chi connectivity index (χ4v) is 3.68. The zero-order valence-corrected chi connectivity index (χ0v) is 15.4. The van der Waals surface area contributed by atoms with Crippen molar-refractivity contribution in [3.05, 3.63) is 52.6 Å². The molecule has 0 aliphatic carbocycles. The van der Waals surface area contributed by atoms with Crippen LogP contribution in [0.3, 0.4) is 0 Å². The lowest BCUT2D eigenvalue weighted by Crippen LogP contribution is -2.37. The molecule has 0 bridgehead atoms. The van der Waals surface area contributed by atoms with Crippen molar-refractivity contribution in [2.75, 3.05) is 44.3 Å². The molecular formula is C20H23FN4O2. The first-order chi connectivity index (χ1) is 13.1. The SMILES string of the molecule is Cc1nc(N2CCOCC2)nc2c1CCN(C(=O)c1ccccc1F)CC2. The van der Waals surface area contributed by atoms with Gasteiger partial charge in [0.2, 0.25) is 5.95 Å². The minimum absolute atomic E-state index is 0.125. The van der Waals surface area contributed by atoms with E-state index < -0.39 is 5.82 Å². The Morgan fingerprint density at radius 1 is 1.07 bits per heavy atom. The lowest BCUT2D eigenvalue weighted by Gasteiger charge is -2.27. The van der Waals surface area contributed by atoms with Gasteiger partial charge in [0.05, 0.1) is 24.5 Å². The highest BCUT2D eigenvalue weighted by molar-refractivity contribution is 5.94. The van der Waals surface area contributed by atoms with E-state index in [1.807, 2.05) is 6.92 Å². The summed E-state index contributed by atoms with van der Waals surface area (Å²) >= 11 is 0. The van der Waals surface area contributed by atoms with Crippen LogP contribution >= 0.6 is 0 Å². The standard InChI is InChI=1S/C20H23FN4O2/c1-14-15-6-8-24(19(26)16-4-2-3-5-17(16)21)9-7-18(15)23-20(22-14)25-10-12-27-13-11-25/h2-5H,6-13H2,1H3. The molecule has 0 spiro atoms. The predicted molar refractivity (Wildman–Crippen MR) is 99.5 cm³/mol. The van der Waals surface area contributed by atoms with Gasteiger partial charge in [0.1, 0.15) is 5.82 Å². The van der Waals surface area contributed by atoms with E-state index >= 15 is 0 Å². The molecule has 4 rings (SSSR count). The molecule has 0 atom stereocenters. The van der Waals surface area contributed by atoms with Gasteiger partial charge in [0, 0.05) is 38.3 Å². The lowest BCUT2D eigenvalue weighted by molar-refractivity contribution is 0.0758. The van der Waals surface area contributed by atoms with Gasteiger partial charge in [0.15, 0.2) is 0 Å². The first-order valence-corrected chi connectivity index (χ1v) is 9.36. The third-order valence-electron chi connectivity index (χ3n) is 5.22. The Balaban J connectivity index is 1.55. The van der Waals surface area contributed by atoms with Gasteiger partial charge in [-0.2, -0.15) is 0 Å². The Kier molecular flexibility index (Phi) is 5.03. The van der Waals surface area contributed by atoms with Crippen LogP contribution in [0.25, 0.3) is 0 Å². The molecule has 7 heteroatoms. The maximum Gasteiger partial charge on any atom is 0.256 e. The van der Waals surface area contributed by atoms with Crippen molar-refractivity contribution >= 4 is 11.9 Å². The van der Waals surface area contributed by atoms with E-state index in [-0.39, 0.29) is 11.5 Å². The van der Waals surface area contributed by atoms with Crippen molar-refractivity contribution < 1.29 is 13.9 Å². The average Bonchev–Trinajstić information content (AvgIpc) is 2.91. The number of rotatable bonds is 2.